The maximum Gasteiger partial charge on any atom is 0.416 e. The molecule has 1 fully saturated rings. The molecule has 0 radical (unpaired) electrons. The minimum absolute atomic E-state index is 0.182. The molecule has 2 amide bonds. The van der Waals surface area contributed by atoms with Gasteiger partial charge in [-0.3, -0.25) is 4.79 Å². The number of benzene rings is 2. The number of imide groups is 1. The molecule has 31 heavy (non-hydrogen) atoms. The number of carbonyl (C=O) groups excluding carboxylic acids is 2. The maximum atomic E-state index is 12.9. The zero-order chi connectivity index (χ0) is 22.1. The Kier molecular flexibility index (Phi) is 8.62. The van der Waals surface area contributed by atoms with Gasteiger partial charge in [0.15, 0.2) is 0 Å². The molecule has 1 N–H and O–H groups in total. The predicted molar refractivity (Wildman–Crippen MR) is 117 cm³/mol. The van der Waals surface area contributed by atoms with Crippen LogP contribution in [0.2, 0.25) is 0 Å². The van der Waals surface area contributed by atoms with E-state index in [1.165, 1.54) is 4.90 Å². The van der Waals surface area contributed by atoms with E-state index in [2.05, 4.69) is 0 Å². The minimum atomic E-state index is -0.813. The van der Waals surface area contributed by atoms with Gasteiger partial charge in [0, 0.05) is 6.61 Å². The van der Waals surface area contributed by atoms with Crippen molar-refractivity contribution < 1.29 is 24.2 Å². The van der Waals surface area contributed by atoms with Crippen molar-refractivity contribution in [3.8, 4) is 0 Å². The molecule has 6 nitrogen and oxygen atoms in total. The van der Waals surface area contributed by atoms with Crippen LogP contribution >= 0.6 is 0 Å². The quantitative estimate of drug-likeness (QED) is 0.552. The summed E-state index contributed by atoms with van der Waals surface area (Å²) < 4.78 is 10.8. The smallest absolute Gasteiger partial charge is 0.416 e. The molecular formula is C25H31NO5. The molecule has 0 unspecified atom stereocenters. The van der Waals surface area contributed by atoms with Crippen LogP contribution in [0.4, 0.5) is 4.79 Å². The second-order valence-electron chi connectivity index (χ2n) is 8.02. The summed E-state index contributed by atoms with van der Waals surface area (Å²) in [6, 6.07) is 19.3. The molecule has 0 aromatic heterocycles. The SMILES string of the molecule is C[C@H](C(=O)N1C(=O)OC[C@@H]1Cc1ccccc1)[C@H](O)CCCCOCc1ccccc1. The fourth-order valence-corrected chi connectivity index (χ4v) is 3.72. The summed E-state index contributed by atoms with van der Waals surface area (Å²) >= 11 is 0. The Balaban J connectivity index is 1.41. The Labute approximate surface area is 183 Å². The van der Waals surface area contributed by atoms with Crippen molar-refractivity contribution >= 4 is 12.0 Å². The second-order valence-corrected chi connectivity index (χ2v) is 8.02. The van der Waals surface area contributed by atoms with Crippen LogP contribution in [0.3, 0.4) is 0 Å². The molecule has 1 saturated heterocycles. The average molecular weight is 426 g/mol. The number of unbranched alkanes of at least 4 members (excludes halogenated alkanes) is 1. The van der Waals surface area contributed by atoms with E-state index in [1.807, 2.05) is 60.7 Å². The first-order valence-corrected chi connectivity index (χ1v) is 10.9. The highest BCUT2D eigenvalue weighted by Crippen LogP contribution is 2.22. The number of aliphatic hydroxyl groups excluding tert-OH is 1. The van der Waals surface area contributed by atoms with E-state index < -0.39 is 18.1 Å². The molecule has 3 rings (SSSR count). The van der Waals surface area contributed by atoms with E-state index in [0.29, 0.717) is 26.1 Å². The molecule has 1 aliphatic heterocycles. The van der Waals surface area contributed by atoms with Crippen molar-refractivity contribution in [3.05, 3.63) is 71.8 Å². The van der Waals surface area contributed by atoms with Gasteiger partial charge in [0.25, 0.3) is 0 Å². The van der Waals surface area contributed by atoms with Crippen LogP contribution < -0.4 is 0 Å². The molecule has 3 atom stereocenters. The lowest BCUT2D eigenvalue weighted by atomic mass is 9.97. The highest BCUT2D eigenvalue weighted by molar-refractivity contribution is 5.94. The molecule has 1 aliphatic rings. The lowest BCUT2D eigenvalue weighted by Crippen LogP contribution is -2.45. The summed E-state index contributed by atoms with van der Waals surface area (Å²) in [6.07, 6.45) is 1.12. The van der Waals surface area contributed by atoms with Gasteiger partial charge in [-0.25, -0.2) is 9.69 Å². The minimum Gasteiger partial charge on any atom is -0.447 e. The first-order chi connectivity index (χ1) is 15.1. The van der Waals surface area contributed by atoms with Crippen LogP contribution in [-0.4, -0.2) is 47.4 Å². The van der Waals surface area contributed by atoms with Crippen LogP contribution in [-0.2, 0) is 27.3 Å². The monoisotopic (exact) mass is 425 g/mol. The van der Waals surface area contributed by atoms with Gasteiger partial charge in [0.05, 0.1) is 24.7 Å². The third-order valence-electron chi connectivity index (χ3n) is 5.63. The number of rotatable bonds is 11. The number of nitrogens with zero attached hydrogens (tertiary/aromatic N) is 1. The van der Waals surface area contributed by atoms with Crippen LogP contribution in [0.15, 0.2) is 60.7 Å². The van der Waals surface area contributed by atoms with Gasteiger partial charge in [-0.15, -0.1) is 0 Å². The Morgan fingerprint density at radius 3 is 2.42 bits per heavy atom. The van der Waals surface area contributed by atoms with E-state index in [-0.39, 0.29) is 18.6 Å². The number of hydrogen-bond donors (Lipinski definition) is 1. The molecule has 2 aromatic rings. The Morgan fingerprint density at radius 2 is 1.74 bits per heavy atom. The molecular weight excluding hydrogens is 394 g/mol. The number of carbonyl (C=O) groups is 2. The van der Waals surface area contributed by atoms with Gasteiger partial charge in [-0.05, 0) is 36.8 Å². The normalized spacial score (nSPS) is 17.9. The largest absolute Gasteiger partial charge is 0.447 e. The van der Waals surface area contributed by atoms with E-state index >= 15 is 0 Å². The van der Waals surface area contributed by atoms with Gasteiger partial charge in [0.2, 0.25) is 5.91 Å². The Bertz CT molecular complexity index is 826. The zero-order valence-electron chi connectivity index (χ0n) is 18.0. The molecule has 166 valence electrons. The summed E-state index contributed by atoms with van der Waals surface area (Å²) in [4.78, 5) is 26.3. The summed E-state index contributed by atoms with van der Waals surface area (Å²) in [7, 11) is 0. The van der Waals surface area contributed by atoms with Crippen molar-refractivity contribution in [1.29, 1.82) is 0 Å². The molecule has 0 saturated carbocycles. The van der Waals surface area contributed by atoms with Crippen LogP contribution in [0.1, 0.15) is 37.3 Å². The van der Waals surface area contributed by atoms with Gasteiger partial charge in [-0.1, -0.05) is 67.6 Å². The topological polar surface area (TPSA) is 76.1 Å². The Hall–Kier alpha value is -2.70. The Morgan fingerprint density at radius 1 is 1.10 bits per heavy atom. The third-order valence-corrected chi connectivity index (χ3v) is 5.63. The first-order valence-electron chi connectivity index (χ1n) is 10.9. The second kappa shape index (κ2) is 11.6. The first kappa shape index (κ1) is 23.0. The number of cyclic esters (lactones) is 1. The predicted octanol–water partition coefficient (Wildman–Crippen LogP) is 3.96. The summed E-state index contributed by atoms with van der Waals surface area (Å²) in [5.74, 6) is -1.05. The molecule has 6 heteroatoms. The van der Waals surface area contributed by atoms with E-state index in [9.17, 15) is 14.7 Å². The van der Waals surface area contributed by atoms with Crippen molar-refractivity contribution in [2.75, 3.05) is 13.2 Å². The number of hydrogen-bond acceptors (Lipinski definition) is 5. The molecule has 1 heterocycles. The van der Waals surface area contributed by atoms with Crippen LogP contribution in [0.25, 0.3) is 0 Å². The average Bonchev–Trinajstić information content (AvgIpc) is 3.16. The van der Waals surface area contributed by atoms with Gasteiger partial charge >= 0.3 is 6.09 Å². The molecule has 0 spiro atoms. The molecule has 0 bridgehead atoms. The fourth-order valence-electron chi connectivity index (χ4n) is 3.72. The highest BCUT2D eigenvalue weighted by Gasteiger charge is 2.41. The molecule has 0 aliphatic carbocycles. The standard InChI is InChI=1S/C25H31NO5/c1-19(23(27)14-8-9-15-30-17-21-12-6-3-7-13-21)24(28)26-22(18-31-25(26)29)16-20-10-4-2-5-11-20/h2-7,10-13,19,22-23,27H,8-9,14-18H2,1H3/t19-,22-,23+/m0/s1. The van der Waals surface area contributed by atoms with Crippen molar-refractivity contribution in [3.63, 3.8) is 0 Å². The summed E-state index contributed by atoms with van der Waals surface area (Å²) in [6.45, 7) is 3.02. The number of amides is 2. The van der Waals surface area contributed by atoms with Crippen molar-refractivity contribution in [2.24, 2.45) is 5.92 Å². The van der Waals surface area contributed by atoms with Gasteiger partial charge < -0.3 is 14.6 Å². The number of ether oxygens (including phenoxy) is 2. The number of aliphatic hydroxyl groups is 1. The highest BCUT2D eigenvalue weighted by atomic mass is 16.6. The zero-order valence-corrected chi connectivity index (χ0v) is 18.0. The summed E-state index contributed by atoms with van der Waals surface area (Å²) in [5.41, 5.74) is 2.16. The van der Waals surface area contributed by atoms with Crippen LogP contribution in [0, 0.1) is 5.92 Å². The maximum absolute atomic E-state index is 12.9. The third kappa shape index (κ3) is 6.64. The van der Waals surface area contributed by atoms with Gasteiger partial charge in [-0.2, -0.15) is 0 Å². The van der Waals surface area contributed by atoms with Crippen molar-refractivity contribution in [1.82, 2.24) is 4.90 Å². The van der Waals surface area contributed by atoms with Gasteiger partial charge in [0.1, 0.15) is 6.61 Å². The lowest BCUT2D eigenvalue weighted by molar-refractivity contribution is -0.136. The molecule has 2 aromatic carbocycles. The fraction of sp³-hybridized carbons (Fsp3) is 0.440. The summed E-state index contributed by atoms with van der Waals surface area (Å²) in [5, 5.41) is 10.5. The van der Waals surface area contributed by atoms with Crippen molar-refractivity contribution in [2.45, 2.75) is 51.4 Å². The van der Waals surface area contributed by atoms with E-state index in [4.69, 9.17) is 9.47 Å². The lowest BCUT2D eigenvalue weighted by Gasteiger charge is -2.25. The van der Waals surface area contributed by atoms with E-state index in [0.717, 1.165) is 24.0 Å². The van der Waals surface area contributed by atoms with E-state index in [1.54, 1.807) is 6.92 Å². The van der Waals surface area contributed by atoms with Crippen LogP contribution in [0.5, 0.6) is 0 Å².